The first kappa shape index (κ1) is 19.0. The van der Waals surface area contributed by atoms with Crippen LogP contribution >= 0.6 is 12.6 Å². The van der Waals surface area contributed by atoms with E-state index in [-0.39, 0.29) is 27.3 Å². The maximum atomic E-state index is 11.8. The molecule has 0 saturated carbocycles. The molecule has 0 saturated heterocycles. The highest BCUT2D eigenvalue weighted by Crippen LogP contribution is 2.40. The second-order valence-electron chi connectivity index (χ2n) is 7.83. The van der Waals surface area contributed by atoms with E-state index in [0.29, 0.717) is 18.6 Å². The van der Waals surface area contributed by atoms with Crippen LogP contribution in [0.15, 0.2) is 11.1 Å². The minimum Gasteiger partial charge on any atom is -0.395 e. The molecule has 0 aliphatic heterocycles. The molecule has 0 aliphatic rings. The highest BCUT2D eigenvalue weighted by atomic mass is 32.1. The number of thiol groups is 1. The number of aromatic nitrogens is 4. The first-order chi connectivity index (χ1) is 10.9. The Kier molecular flexibility index (Phi) is 5.17. The van der Waals surface area contributed by atoms with Crippen molar-refractivity contribution in [3.8, 4) is 0 Å². The Morgan fingerprint density at radius 3 is 2.67 bits per heavy atom. The van der Waals surface area contributed by atoms with E-state index in [1.54, 1.807) is 10.9 Å². The Morgan fingerprint density at radius 1 is 1.46 bits per heavy atom. The summed E-state index contributed by atoms with van der Waals surface area (Å²) >= 11 is 4.63. The van der Waals surface area contributed by atoms with Crippen molar-refractivity contribution in [3.63, 3.8) is 0 Å². The zero-order valence-electron chi connectivity index (χ0n) is 14.9. The van der Waals surface area contributed by atoms with Gasteiger partial charge in [0, 0.05) is 11.8 Å². The van der Waals surface area contributed by atoms with Crippen LogP contribution in [0.1, 0.15) is 27.2 Å². The van der Waals surface area contributed by atoms with Gasteiger partial charge in [0.05, 0.1) is 20.1 Å². The summed E-state index contributed by atoms with van der Waals surface area (Å²) < 4.78 is 1.78. The van der Waals surface area contributed by atoms with Crippen molar-refractivity contribution in [2.24, 2.45) is 0 Å². The second kappa shape index (κ2) is 6.53. The van der Waals surface area contributed by atoms with Crippen LogP contribution in [0.2, 0.25) is 18.1 Å². The average molecular weight is 370 g/mol. The predicted octanol–water partition coefficient (Wildman–Crippen LogP) is 1.80. The largest absolute Gasteiger partial charge is 0.395 e. The first-order valence-electron chi connectivity index (χ1n) is 8.02. The van der Waals surface area contributed by atoms with Crippen LogP contribution in [0.3, 0.4) is 0 Å². The van der Waals surface area contributed by atoms with Crippen molar-refractivity contribution in [2.45, 2.75) is 62.8 Å². The Balaban J connectivity index is 2.15. The van der Waals surface area contributed by atoms with Crippen LogP contribution < -0.4 is 11.3 Å². The minimum atomic E-state index is -1.90. The molecule has 7 nitrogen and oxygen atoms in total. The molecule has 2 aromatic rings. The number of hydrogen-bond acceptors (Lipinski definition) is 6. The van der Waals surface area contributed by atoms with Crippen LogP contribution in [0, 0.1) is 0 Å². The van der Waals surface area contributed by atoms with E-state index in [4.69, 9.17) is 5.73 Å². The number of nitrogens with one attached hydrogen (secondary N) is 1. The molecule has 0 aromatic carbocycles. The molecule has 0 fully saturated rings. The van der Waals surface area contributed by atoms with E-state index in [1.807, 2.05) is 0 Å². The highest BCUT2D eigenvalue weighted by molar-refractivity contribution is 7.81. The van der Waals surface area contributed by atoms with Gasteiger partial charge in [-0.2, -0.15) is 17.6 Å². The molecule has 0 spiro atoms. The van der Waals surface area contributed by atoms with Crippen LogP contribution in [0.5, 0.6) is 0 Å². The average Bonchev–Trinajstić information content (AvgIpc) is 2.85. The molecule has 2 aromatic heterocycles. The van der Waals surface area contributed by atoms with Crippen molar-refractivity contribution < 1.29 is 5.11 Å². The number of hydrogen-bond donors (Lipinski definition) is 4. The fourth-order valence-electron chi connectivity index (χ4n) is 2.49. The van der Waals surface area contributed by atoms with Gasteiger partial charge in [-0.15, -0.1) is 0 Å². The standard InChI is InChI=1S/C15H27N5O2SSi/c1-15(2,3)24(4,5)13(22)9(23)6-7-20-8-17-10-11(20)18-14(16)19-12(10)21/h8-9,13,22-23H,6-7H2,1-5H3,(H3,16,18,19,21). The lowest BCUT2D eigenvalue weighted by atomic mass is 10.2. The number of nitrogen functional groups attached to an aromatic ring is 1. The van der Waals surface area contributed by atoms with Crippen molar-refractivity contribution in [2.75, 3.05) is 5.73 Å². The third kappa shape index (κ3) is 3.52. The van der Waals surface area contributed by atoms with E-state index in [9.17, 15) is 9.90 Å². The SMILES string of the molecule is CC(C)(C)[Si](C)(C)C(O)C(S)CCn1cnc2c(=O)[nH]c(N)nc21. The fourth-order valence-corrected chi connectivity index (χ4v) is 5.74. The van der Waals surface area contributed by atoms with Gasteiger partial charge in [0.2, 0.25) is 5.95 Å². The quantitative estimate of drug-likeness (QED) is 0.474. The molecule has 24 heavy (non-hydrogen) atoms. The van der Waals surface area contributed by atoms with Gasteiger partial charge in [-0.1, -0.05) is 33.9 Å². The van der Waals surface area contributed by atoms with Crippen molar-refractivity contribution in [3.05, 3.63) is 16.7 Å². The molecule has 0 bridgehead atoms. The summed E-state index contributed by atoms with van der Waals surface area (Å²) in [6.45, 7) is 11.5. The van der Waals surface area contributed by atoms with Gasteiger partial charge in [-0.25, -0.2) is 4.98 Å². The van der Waals surface area contributed by atoms with E-state index in [0.717, 1.165) is 0 Å². The maximum Gasteiger partial charge on any atom is 0.280 e. The summed E-state index contributed by atoms with van der Waals surface area (Å²) in [4.78, 5) is 22.5. The minimum absolute atomic E-state index is 0.0676. The molecule has 4 N–H and O–H groups in total. The van der Waals surface area contributed by atoms with Crippen LogP contribution in [-0.4, -0.2) is 43.7 Å². The summed E-state index contributed by atoms with van der Waals surface area (Å²) in [5.74, 6) is 0.0676. The van der Waals surface area contributed by atoms with Gasteiger partial charge >= 0.3 is 0 Å². The van der Waals surface area contributed by atoms with Crippen LogP contribution in [0.25, 0.3) is 11.2 Å². The number of aryl methyl sites for hydroxylation is 1. The van der Waals surface area contributed by atoms with Gasteiger partial charge < -0.3 is 15.4 Å². The van der Waals surface area contributed by atoms with Gasteiger partial charge in [-0.05, 0) is 11.5 Å². The van der Waals surface area contributed by atoms with Gasteiger partial charge in [0.25, 0.3) is 5.56 Å². The normalized spacial score (nSPS) is 15.6. The molecular formula is C15H27N5O2SSi. The summed E-state index contributed by atoms with van der Waals surface area (Å²) in [7, 11) is -1.90. The first-order valence-corrected chi connectivity index (χ1v) is 11.6. The summed E-state index contributed by atoms with van der Waals surface area (Å²) in [6.07, 6.45) is 2.22. The lowest BCUT2D eigenvalue weighted by Crippen LogP contribution is -2.53. The number of fused-ring (bicyclic) bond motifs is 1. The molecule has 2 atom stereocenters. The van der Waals surface area contributed by atoms with E-state index in [1.165, 1.54) is 0 Å². The number of nitrogens with two attached hydrogens (primary N) is 1. The Morgan fingerprint density at radius 2 is 2.08 bits per heavy atom. The van der Waals surface area contributed by atoms with E-state index >= 15 is 0 Å². The molecule has 2 heterocycles. The third-order valence-corrected chi connectivity index (χ3v) is 11.8. The summed E-state index contributed by atoms with van der Waals surface area (Å²) in [6, 6.07) is 0. The zero-order valence-corrected chi connectivity index (χ0v) is 16.8. The Labute approximate surface area is 148 Å². The summed E-state index contributed by atoms with van der Waals surface area (Å²) in [5.41, 5.74) is 5.55. The third-order valence-electron chi connectivity index (χ3n) is 5.20. The Hall–Kier alpha value is -1.32. The Bertz CT molecular complexity index is 780. The van der Waals surface area contributed by atoms with E-state index < -0.39 is 13.8 Å². The molecule has 0 aliphatic carbocycles. The second-order valence-corrected chi connectivity index (χ2v) is 14.0. The molecule has 2 rings (SSSR count). The smallest absolute Gasteiger partial charge is 0.280 e. The fraction of sp³-hybridized carbons (Fsp3) is 0.667. The molecule has 0 amide bonds. The molecule has 2 unspecified atom stereocenters. The number of nitrogens with zero attached hydrogens (tertiary/aromatic N) is 3. The number of aliphatic hydroxyl groups excluding tert-OH is 1. The van der Waals surface area contributed by atoms with Crippen molar-refractivity contribution >= 4 is 37.8 Å². The molecular weight excluding hydrogens is 342 g/mol. The lowest BCUT2D eigenvalue weighted by Gasteiger charge is -2.42. The number of imidazole rings is 1. The highest BCUT2D eigenvalue weighted by Gasteiger charge is 2.43. The van der Waals surface area contributed by atoms with Crippen LogP contribution in [0.4, 0.5) is 5.95 Å². The number of anilines is 1. The maximum absolute atomic E-state index is 11.8. The number of aliphatic hydroxyl groups is 1. The van der Waals surface area contributed by atoms with Gasteiger partial charge in [0.1, 0.15) is 0 Å². The van der Waals surface area contributed by atoms with Crippen LogP contribution in [-0.2, 0) is 6.54 Å². The zero-order chi connectivity index (χ0) is 18.3. The number of rotatable bonds is 5. The monoisotopic (exact) mass is 369 g/mol. The summed E-state index contributed by atoms with van der Waals surface area (Å²) in [5, 5.41) is 10.7. The van der Waals surface area contributed by atoms with Gasteiger partial charge in [0.15, 0.2) is 11.2 Å². The van der Waals surface area contributed by atoms with Gasteiger partial charge in [-0.3, -0.25) is 9.78 Å². The molecule has 134 valence electrons. The van der Waals surface area contributed by atoms with E-state index in [2.05, 4.69) is 61.4 Å². The number of H-pyrrole nitrogens is 1. The lowest BCUT2D eigenvalue weighted by molar-refractivity contribution is 0.228. The molecule has 9 heteroatoms. The number of aromatic amines is 1. The predicted molar refractivity (Wildman–Crippen MR) is 103 cm³/mol. The van der Waals surface area contributed by atoms with Crippen molar-refractivity contribution in [1.82, 2.24) is 19.5 Å². The molecule has 0 radical (unpaired) electrons. The topological polar surface area (TPSA) is 110 Å². The van der Waals surface area contributed by atoms with Crippen molar-refractivity contribution in [1.29, 1.82) is 0 Å².